The van der Waals surface area contributed by atoms with Crippen molar-refractivity contribution in [2.24, 2.45) is 23.7 Å². The quantitative estimate of drug-likeness (QED) is 0.424. The molecule has 0 bridgehead atoms. The summed E-state index contributed by atoms with van der Waals surface area (Å²) in [5.41, 5.74) is 0.945. The molecule has 1 aliphatic heterocycles. The Labute approximate surface area is 166 Å². The molecule has 3 rings (SSSR count). The Morgan fingerprint density at radius 3 is 2.22 bits per heavy atom. The van der Waals surface area contributed by atoms with Crippen LogP contribution in [0.3, 0.4) is 0 Å². The lowest BCUT2D eigenvalue weighted by molar-refractivity contribution is 0.186. The largest absolute Gasteiger partial charge is 0.204 e. The molecule has 3 heteroatoms. The van der Waals surface area contributed by atoms with Crippen molar-refractivity contribution >= 4 is 8.80 Å². The van der Waals surface area contributed by atoms with Crippen LogP contribution in [0, 0.1) is 35.3 Å². The highest BCUT2D eigenvalue weighted by Gasteiger charge is 2.31. The number of halogens is 2. The molecule has 0 aromatic heterocycles. The Balaban J connectivity index is 1.35. The molecule has 0 radical (unpaired) electrons. The monoisotopic (exact) mass is 392 g/mol. The SMILES string of the molecule is CC(C)CC[SiH]1CCC(C2CCC(CCc3ccc(F)c(F)c3)CC2)CC1. The van der Waals surface area contributed by atoms with Crippen molar-refractivity contribution in [2.45, 2.75) is 89.8 Å². The van der Waals surface area contributed by atoms with Crippen LogP contribution in [-0.4, -0.2) is 8.80 Å². The summed E-state index contributed by atoms with van der Waals surface area (Å²) in [6.45, 7) is 4.73. The summed E-state index contributed by atoms with van der Waals surface area (Å²) in [5, 5.41) is 0. The molecule has 1 heterocycles. The van der Waals surface area contributed by atoms with E-state index in [2.05, 4.69) is 13.8 Å². The van der Waals surface area contributed by atoms with Crippen LogP contribution in [0.1, 0.15) is 70.8 Å². The van der Waals surface area contributed by atoms with Gasteiger partial charge in [-0.25, -0.2) is 8.78 Å². The molecule has 0 N–H and O–H groups in total. The first-order valence-electron chi connectivity index (χ1n) is 11.4. The van der Waals surface area contributed by atoms with E-state index in [0.717, 1.165) is 42.1 Å². The number of hydrogen-bond donors (Lipinski definition) is 0. The Kier molecular flexibility index (Phi) is 7.93. The normalized spacial score (nSPS) is 29.2. The van der Waals surface area contributed by atoms with Gasteiger partial charge < -0.3 is 0 Å². The fourth-order valence-electron chi connectivity index (χ4n) is 5.53. The molecule has 1 aromatic rings. The smallest absolute Gasteiger partial charge is 0.159 e. The molecule has 0 amide bonds. The lowest BCUT2D eigenvalue weighted by atomic mass is 9.73. The van der Waals surface area contributed by atoms with E-state index in [1.165, 1.54) is 57.1 Å². The topological polar surface area (TPSA) is 0 Å². The van der Waals surface area contributed by atoms with Crippen LogP contribution >= 0.6 is 0 Å². The molecule has 1 saturated carbocycles. The molecular formula is C24H38F2Si. The van der Waals surface area contributed by atoms with E-state index in [1.807, 2.05) is 0 Å². The van der Waals surface area contributed by atoms with Crippen LogP contribution in [0.15, 0.2) is 18.2 Å². The van der Waals surface area contributed by atoms with E-state index in [0.29, 0.717) is 0 Å². The first kappa shape index (κ1) is 21.0. The maximum Gasteiger partial charge on any atom is 0.159 e. The van der Waals surface area contributed by atoms with Crippen LogP contribution in [0.4, 0.5) is 8.78 Å². The Morgan fingerprint density at radius 1 is 0.926 bits per heavy atom. The Morgan fingerprint density at radius 2 is 1.59 bits per heavy atom. The van der Waals surface area contributed by atoms with Crippen molar-refractivity contribution in [2.75, 3.05) is 0 Å². The van der Waals surface area contributed by atoms with Gasteiger partial charge in [-0.15, -0.1) is 0 Å². The number of rotatable bonds is 7. The van der Waals surface area contributed by atoms with E-state index in [1.54, 1.807) is 24.2 Å². The van der Waals surface area contributed by atoms with E-state index in [9.17, 15) is 8.78 Å². The van der Waals surface area contributed by atoms with Gasteiger partial charge in [-0.2, -0.15) is 0 Å². The van der Waals surface area contributed by atoms with E-state index >= 15 is 0 Å². The maximum absolute atomic E-state index is 13.3. The summed E-state index contributed by atoms with van der Waals surface area (Å²) < 4.78 is 26.4. The zero-order valence-corrected chi connectivity index (χ0v) is 18.5. The Hall–Kier alpha value is -0.703. The predicted octanol–water partition coefficient (Wildman–Crippen LogP) is 7.39. The second-order valence-corrected chi connectivity index (χ2v) is 13.3. The fourth-order valence-corrected chi connectivity index (χ4v) is 9.33. The average molecular weight is 393 g/mol. The van der Waals surface area contributed by atoms with Crippen molar-refractivity contribution in [1.29, 1.82) is 0 Å². The maximum atomic E-state index is 13.3. The molecule has 152 valence electrons. The highest BCUT2D eigenvalue weighted by atomic mass is 28.3. The van der Waals surface area contributed by atoms with Gasteiger partial charge in [0, 0.05) is 8.80 Å². The molecular weight excluding hydrogens is 354 g/mol. The molecule has 2 aliphatic rings. The number of aryl methyl sites for hydroxylation is 1. The lowest BCUT2D eigenvalue weighted by Crippen LogP contribution is -2.28. The molecule has 2 fully saturated rings. The van der Waals surface area contributed by atoms with Crippen LogP contribution in [0.5, 0.6) is 0 Å². The van der Waals surface area contributed by atoms with Gasteiger partial charge in [-0.1, -0.05) is 70.2 Å². The van der Waals surface area contributed by atoms with Crippen LogP contribution in [0.25, 0.3) is 0 Å². The van der Waals surface area contributed by atoms with Gasteiger partial charge in [-0.05, 0) is 67.1 Å². The fraction of sp³-hybridized carbons (Fsp3) is 0.750. The van der Waals surface area contributed by atoms with E-state index in [4.69, 9.17) is 0 Å². The second-order valence-electron chi connectivity index (χ2n) is 9.82. The van der Waals surface area contributed by atoms with Crippen LogP contribution in [0.2, 0.25) is 18.1 Å². The van der Waals surface area contributed by atoms with Gasteiger partial charge in [0.15, 0.2) is 11.6 Å². The average Bonchev–Trinajstić information content (AvgIpc) is 2.68. The van der Waals surface area contributed by atoms with Gasteiger partial charge in [0.25, 0.3) is 0 Å². The zero-order chi connectivity index (χ0) is 19.2. The predicted molar refractivity (Wildman–Crippen MR) is 114 cm³/mol. The molecule has 0 nitrogen and oxygen atoms in total. The summed E-state index contributed by atoms with van der Waals surface area (Å²) in [6.07, 6.45) is 12.0. The van der Waals surface area contributed by atoms with Crippen LogP contribution < -0.4 is 0 Å². The highest BCUT2D eigenvalue weighted by Crippen LogP contribution is 2.42. The highest BCUT2D eigenvalue weighted by molar-refractivity contribution is 6.58. The van der Waals surface area contributed by atoms with Gasteiger partial charge in [0.05, 0.1) is 0 Å². The van der Waals surface area contributed by atoms with Crippen molar-refractivity contribution < 1.29 is 8.78 Å². The molecule has 27 heavy (non-hydrogen) atoms. The van der Waals surface area contributed by atoms with Gasteiger partial charge >= 0.3 is 0 Å². The molecule has 1 aromatic carbocycles. The standard InChI is InChI=1S/C24H38F2Si/c1-18(2)11-14-27-15-12-22(13-16-27)21-8-5-19(6-9-21)3-4-20-7-10-23(25)24(26)17-20/h7,10,17-19,21-22,27H,3-6,8-9,11-16H2,1-2H3. The van der Waals surface area contributed by atoms with Crippen LogP contribution in [-0.2, 0) is 6.42 Å². The number of hydrogen-bond acceptors (Lipinski definition) is 0. The molecule has 1 aliphatic carbocycles. The van der Waals surface area contributed by atoms with Gasteiger partial charge in [0.1, 0.15) is 0 Å². The summed E-state index contributed by atoms with van der Waals surface area (Å²) in [4.78, 5) is 0. The minimum Gasteiger partial charge on any atom is -0.204 e. The van der Waals surface area contributed by atoms with Crippen molar-refractivity contribution in [3.63, 3.8) is 0 Å². The molecule has 0 unspecified atom stereocenters. The summed E-state index contributed by atoms with van der Waals surface area (Å²) in [6, 6.07) is 9.18. The van der Waals surface area contributed by atoms with E-state index in [-0.39, 0.29) is 0 Å². The molecule has 1 saturated heterocycles. The third-order valence-corrected chi connectivity index (χ3v) is 10.9. The second kappa shape index (κ2) is 10.2. The summed E-state index contributed by atoms with van der Waals surface area (Å²) in [5.74, 6) is 2.22. The number of benzene rings is 1. The lowest BCUT2D eigenvalue weighted by Gasteiger charge is -2.37. The Bertz CT molecular complexity index is 570. The summed E-state index contributed by atoms with van der Waals surface area (Å²) in [7, 11) is -0.399. The van der Waals surface area contributed by atoms with E-state index < -0.39 is 20.4 Å². The van der Waals surface area contributed by atoms with Gasteiger partial charge in [-0.3, -0.25) is 0 Å². The third kappa shape index (κ3) is 6.41. The third-order valence-electron chi connectivity index (χ3n) is 7.43. The first-order valence-corrected chi connectivity index (χ1v) is 13.9. The first-order chi connectivity index (χ1) is 13.0. The zero-order valence-electron chi connectivity index (χ0n) is 17.4. The molecule has 0 atom stereocenters. The van der Waals surface area contributed by atoms with Crippen molar-refractivity contribution in [3.05, 3.63) is 35.4 Å². The van der Waals surface area contributed by atoms with Crippen molar-refractivity contribution in [3.8, 4) is 0 Å². The van der Waals surface area contributed by atoms with Crippen molar-refractivity contribution in [1.82, 2.24) is 0 Å². The minimum atomic E-state index is -0.735. The van der Waals surface area contributed by atoms with Gasteiger partial charge in [0.2, 0.25) is 0 Å². The molecule has 0 spiro atoms. The summed E-state index contributed by atoms with van der Waals surface area (Å²) >= 11 is 0. The minimum absolute atomic E-state index is 0.399.